The first kappa shape index (κ1) is 14.2. The zero-order chi connectivity index (χ0) is 12.7. The highest BCUT2D eigenvalue weighted by Gasteiger charge is 2.06. The van der Waals surface area contributed by atoms with Gasteiger partial charge in [-0.15, -0.1) is 0 Å². The van der Waals surface area contributed by atoms with Crippen LogP contribution in [0.25, 0.3) is 0 Å². The Bertz CT molecular complexity index is 344. The summed E-state index contributed by atoms with van der Waals surface area (Å²) in [5.74, 6) is 3.63. The molecule has 1 unspecified atom stereocenters. The van der Waals surface area contributed by atoms with Crippen molar-refractivity contribution in [2.45, 2.75) is 25.1 Å². The van der Waals surface area contributed by atoms with Crippen molar-refractivity contribution >= 4 is 11.8 Å². The summed E-state index contributed by atoms with van der Waals surface area (Å²) in [4.78, 5) is 0. The summed E-state index contributed by atoms with van der Waals surface area (Å²) in [6.45, 7) is 2.11. The lowest BCUT2D eigenvalue weighted by Crippen LogP contribution is -2.21. The van der Waals surface area contributed by atoms with E-state index in [1.807, 2.05) is 30.0 Å². The SMILES string of the molecule is CCC(N)CSCc1cc(OC)ccc1OC. The number of rotatable bonds is 7. The Hall–Kier alpha value is -0.870. The van der Waals surface area contributed by atoms with Gasteiger partial charge in [0, 0.05) is 23.1 Å². The molecule has 1 atom stereocenters. The minimum Gasteiger partial charge on any atom is -0.497 e. The maximum absolute atomic E-state index is 5.89. The van der Waals surface area contributed by atoms with Gasteiger partial charge in [-0.2, -0.15) is 11.8 Å². The molecule has 96 valence electrons. The maximum atomic E-state index is 5.89. The van der Waals surface area contributed by atoms with Gasteiger partial charge in [0.15, 0.2) is 0 Å². The highest BCUT2D eigenvalue weighted by Crippen LogP contribution is 2.27. The summed E-state index contributed by atoms with van der Waals surface area (Å²) < 4.78 is 10.5. The standard InChI is InChI=1S/C13H21NO2S/c1-4-11(14)9-17-8-10-7-12(15-2)5-6-13(10)16-3/h5-7,11H,4,8-9,14H2,1-3H3. The van der Waals surface area contributed by atoms with Crippen molar-refractivity contribution in [2.75, 3.05) is 20.0 Å². The summed E-state index contributed by atoms with van der Waals surface area (Å²) in [6, 6.07) is 6.14. The molecule has 17 heavy (non-hydrogen) atoms. The average molecular weight is 255 g/mol. The predicted molar refractivity (Wildman–Crippen MR) is 74.0 cm³/mol. The van der Waals surface area contributed by atoms with Crippen molar-refractivity contribution in [3.63, 3.8) is 0 Å². The lowest BCUT2D eigenvalue weighted by Gasteiger charge is -2.12. The molecule has 0 heterocycles. The van der Waals surface area contributed by atoms with Crippen LogP contribution in [-0.2, 0) is 5.75 Å². The van der Waals surface area contributed by atoms with Crippen molar-refractivity contribution in [3.8, 4) is 11.5 Å². The Morgan fingerprint density at radius 1 is 1.29 bits per heavy atom. The van der Waals surface area contributed by atoms with E-state index in [0.717, 1.165) is 35.0 Å². The van der Waals surface area contributed by atoms with Crippen LogP contribution in [0.4, 0.5) is 0 Å². The lowest BCUT2D eigenvalue weighted by atomic mass is 10.2. The van der Waals surface area contributed by atoms with Crippen molar-refractivity contribution in [1.82, 2.24) is 0 Å². The molecule has 3 nitrogen and oxygen atoms in total. The Morgan fingerprint density at radius 3 is 2.65 bits per heavy atom. The van der Waals surface area contributed by atoms with Crippen LogP contribution in [0.1, 0.15) is 18.9 Å². The molecule has 0 aliphatic rings. The number of hydrogen-bond donors (Lipinski definition) is 1. The zero-order valence-electron chi connectivity index (χ0n) is 10.7. The molecule has 0 fully saturated rings. The summed E-state index contributed by atoms with van der Waals surface area (Å²) in [6.07, 6.45) is 1.02. The van der Waals surface area contributed by atoms with Crippen LogP contribution >= 0.6 is 11.8 Å². The molecule has 0 saturated heterocycles. The van der Waals surface area contributed by atoms with Crippen molar-refractivity contribution < 1.29 is 9.47 Å². The molecule has 4 heteroatoms. The van der Waals surface area contributed by atoms with Crippen LogP contribution in [0.5, 0.6) is 11.5 Å². The molecule has 1 aromatic rings. The first-order valence-electron chi connectivity index (χ1n) is 5.75. The molecule has 0 aromatic heterocycles. The Kier molecular flexibility index (Phi) is 6.22. The van der Waals surface area contributed by atoms with Gasteiger partial charge in [0.25, 0.3) is 0 Å². The van der Waals surface area contributed by atoms with Gasteiger partial charge in [-0.1, -0.05) is 6.92 Å². The number of benzene rings is 1. The number of thioether (sulfide) groups is 1. The fourth-order valence-electron chi connectivity index (χ4n) is 1.43. The second kappa shape index (κ2) is 7.45. The molecule has 1 aromatic carbocycles. The minimum absolute atomic E-state index is 0.275. The quantitative estimate of drug-likeness (QED) is 0.813. The molecule has 2 N–H and O–H groups in total. The number of ether oxygens (including phenoxy) is 2. The van der Waals surface area contributed by atoms with Crippen LogP contribution in [0.15, 0.2) is 18.2 Å². The third kappa shape index (κ3) is 4.48. The highest BCUT2D eigenvalue weighted by molar-refractivity contribution is 7.98. The second-order valence-electron chi connectivity index (χ2n) is 3.86. The molecular formula is C13H21NO2S. The lowest BCUT2D eigenvalue weighted by molar-refractivity contribution is 0.400. The topological polar surface area (TPSA) is 44.5 Å². The number of hydrogen-bond acceptors (Lipinski definition) is 4. The third-order valence-corrected chi connectivity index (χ3v) is 3.78. The highest BCUT2D eigenvalue weighted by atomic mass is 32.2. The van der Waals surface area contributed by atoms with Crippen molar-refractivity contribution in [2.24, 2.45) is 5.73 Å². The van der Waals surface area contributed by atoms with Gasteiger partial charge in [0.05, 0.1) is 14.2 Å². The Morgan fingerprint density at radius 2 is 2.06 bits per heavy atom. The normalized spacial score (nSPS) is 12.2. The molecule has 0 radical (unpaired) electrons. The van der Waals surface area contributed by atoms with E-state index in [1.165, 1.54) is 0 Å². The molecule has 0 aliphatic carbocycles. The van der Waals surface area contributed by atoms with Crippen LogP contribution in [-0.4, -0.2) is 26.0 Å². The van der Waals surface area contributed by atoms with Gasteiger partial charge in [0.2, 0.25) is 0 Å². The Balaban J connectivity index is 2.61. The van der Waals surface area contributed by atoms with E-state index in [1.54, 1.807) is 14.2 Å². The zero-order valence-corrected chi connectivity index (χ0v) is 11.5. The van der Waals surface area contributed by atoms with E-state index in [-0.39, 0.29) is 6.04 Å². The maximum Gasteiger partial charge on any atom is 0.123 e. The summed E-state index contributed by atoms with van der Waals surface area (Å²) >= 11 is 1.83. The summed E-state index contributed by atoms with van der Waals surface area (Å²) in [5.41, 5.74) is 7.04. The van der Waals surface area contributed by atoms with E-state index < -0.39 is 0 Å². The minimum atomic E-state index is 0.275. The van der Waals surface area contributed by atoms with E-state index in [9.17, 15) is 0 Å². The van der Waals surface area contributed by atoms with Crippen molar-refractivity contribution in [3.05, 3.63) is 23.8 Å². The summed E-state index contributed by atoms with van der Waals surface area (Å²) in [5, 5.41) is 0. The molecule has 0 bridgehead atoms. The van der Waals surface area contributed by atoms with E-state index >= 15 is 0 Å². The predicted octanol–water partition coefficient (Wildman–Crippen LogP) is 2.67. The van der Waals surface area contributed by atoms with Crippen LogP contribution < -0.4 is 15.2 Å². The van der Waals surface area contributed by atoms with E-state index in [4.69, 9.17) is 15.2 Å². The van der Waals surface area contributed by atoms with Gasteiger partial charge in [-0.25, -0.2) is 0 Å². The van der Waals surface area contributed by atoms with Gasteiger partial charge < -0.3 is 15.2 Å². The largest absolute Gasteiger partial charge is 0.497 e. The Labute approximate surface area is 108 Å². The average Bonchev–Trinajstić information content (AvgIpc) is 2.38. The van der Waals surface area contributed by atoms with Crippen molar-refractivity contribution in [1.29, 1.82) is 0 Å². The monoisotopic (exact) mass is 255 g/mol. The van der Waals surface area contributed by atoms with Crippen LogP contribution in [0.3, 0.4) is 0 Å². The molecular weight excluding hydrogens is 234 g/mol. The fraction of sp³-hybridized carbons (Fsp3) is 0.538. The van der Waals surface area contributed by atoms with Gasteiger partial charge in [0.1, 0.15) is 11.5 Å². The number of nitrogens with two attached hydrogens (primary N) is 1. The van der Waals surface area contributed by atoms with Gasteiger partial charge in [-0.3, -0.25) is 0 Å². The third-order valence-electron chi connectivity index (χ3n) is 2.60. The van der Waals surface area contributed by atoms with E-state index in [0.29, 0.717) is 0 Å². The summed E-state index contributed by atoms with van der Waals surface area (Å²) in [7, 11) is 3.36. The number of methoxy groups -OCH3 is 2. The van der Waals surface area contributed by atoms with Gasteiger partial charge in [-0.05, 0) is 24.6 Å². The first-order chi connectivity index (χ1) is 8.21. The smallest absolute Gasteiger partial charge is 0.123 e. The molecule has 1 rings (SSSR count). The first-order valence-corrected chi connectivity index (χ1v) is 6.91. The molecule has 0 spiro atoms. The van der Waals surface area contributed by atoms with Crippen LogP contribution in [0, 0.1) is 0 Å². The molecule has 0 aliphatic heterocycles. The van der Waals surface area contributed by atoms with Crippen LogP contribution in [0.2, 0.25) is 0 Å². The fourth-order valence-corrected chi connectivity index (χ4v) is 2.53. The van der Waals surface area contributed by atoms with Gasteiger partial charge >= 0.3 is 0 Å². The molecule has 0 saturated carbocycles. The molecule has 0 amide bonds. The van der Waals surface area contributed by atoms with E-state index in [2.05, 4.69) is 6.92 Å². The second-order valence-corrected chi connectivity index (χ2v) is 4.89.